The number of nitrogens with zero attached hydrogens (tertiary/aromatic N) is 3. The van der Waals surface area contributed by atoms with Crippen molar-refractivity contribution in [1.29, 1.82) is 0 Å². The molecule has 1 amide bonds. The van der Waals surface area contributed by atoms with E-state index >= 15 is 0 Å². The summed E-state index contributed by atoms with van der Waals surface area (Å²) in [5.41, 5.74) is 4.55. The van der Waals surface area contributed by atoms with Crippen LogP contribution in [0.25, 0.3) is 11.3 Å². The number of carbonyl (C=O) groups is 1. The SMILES string of the molecule is Cc1ccc(-c2csc(NC(=O)CN3CCC4(CC3)CN(S(=O)(=O)c3ccc(C)cc3)[C@H](Cc3ccccc3)CO4)n2)cc1. The van der Waals surface area contributed by atoms with E-state index in [4.69, 9.17) is 4.74 Å². The molecule has 0 radical (unpaired) electrons. The van der Waals surface area contributed by atoms with Gasteiger partial charge in [-0.3, -0.25) is 9.69 Å². The number of piperidine rings is 1. The predicted octanol–water partition coefficient (Wildman–Crippen LogP) is 5.53. The van der Waals surface area contributed by atoms with Crippen molar-refractivity contribution in [2.24, 2.45) is 0 Å². The van der Waals surface area contributed by atoms with Gasteiger partial charge < -0.3 is 10.1 Å². The van der Waals surface area contributed by atoms with Crippen LogP contribution in [-0.4, -0.2) is 72.9 Å². The summed E-state index contributed by atoms with van der Waals surface area (Å²) in [6, 6.07) is 24.9. The molecule has 0 bridgehead atoms. The number of morpholine rings is 1. The number of benzene rings is 3. The summed E-state index contributed by atoms with van der Waals surface area (Å²) in [5, 5.41) is 5.48. The van der Waals surface area contributed by atoms with E-state index < -0.39 is 15.6 Å². The van der Waals surface area contributed by atoms with E-state index in [-0.39, 0.29) is 18.5 Å². The van der Waals surface area contributed by atoms with E-state index in [0.717, 1.165) is 22.4 Å². The van der Waals surface area contributed by atoms with Crippen molar-refractivity contribution in [2.75, 3.05) is 38.1 Å². The number of sulfonamides is 1. The first-order valence-electron chi connectivity index (χ1n) is 15.0. The van der Waals surface area contributed by atoms with Gasteiger partial charge in [0.1, 0.15) is 0 Å². The van der Waals surface area contributed by atoms with Crippen molar-refractivity contribution < 1.29 is 17.9 Å². The standard InChI is InChI=1S/C34H38N4O4S2/c1-25-8-12-28(13-9-25)31-23-43-33(35-31)36-32(39)21-37-18-16-34(17-19-37)24-38(44(40,41)30-14-10-26(2)11-15-30)29(22-42-34)20-27-6-4-3-5-7-27/h3-15,23,29H,16-22,24H2,1-2H3,(H,35,36,39)/t29-/m1/s1. The normalized spacial score (nSPS) is 19.2. The zero-order valence-electron chi connectivity index (χ0n) is 25.1. The largest absolute Gasteiger partial charge is 0.372 e. The van der Waals surface area contributed by atoms with Gasteiger partial charge in [-0.25, -0.2) is 13.4 Å². The highest BCUT2D eigenvalue weighted by Gasteiger charge is 2.47. The highest BCUT2D eigenvalue weighted by Crippen LogP contribution is 2.36. The second-order valence-corrected chi connectivity index (χ2v) is 14.7. The summed E-state index contributed by atoms with van der Waals surface area (Å²) >= 11 is 1.41. The molecular formula is C34H38N4O4S2. The fourth-order valence-electron chi connectivity index (χ4n) is 5.96. The Morgan fingerprint density at radius 2 is 1.64 bits per heavy atom. The molecule has 1 spiro atoms. The van der Waals surface area contributed by atoms with Gasteiger partial charge in [-0.1, -0.05) is 77.9 Å². The molecule has 3 aromatic carbocycles. The number of amides is 1. The Morgan fingerprint density at radius 3 is 2.32 bits per heavy atom. The lowest BCUT2D eigenvalue weighted by Crippen LogP contribution is -2.62. The Kier molecular flexibility index (Phi) is 8.98. The highest BCUT2D eigenvalue weighted by molar-refractivity contribution is 7.89. The molecule has 230 valence electrons. The Labute approximate surface area is 263 Å². The number of anilines is 1. The van der Waals surface area contributed by atoms with Gasteiger partial charge in [0.25, 0.3) is 0 Å². The van der Waals surface area contributed by atoms with Gasteiger partial charge in [-0.2, -0.15) is 4.31 Å². The number of ether oxygens (including phenoxy) is 1. The van der Waals surface area contributed by atoms with Crippen LogP contribution in [0.5, 0.6) is 0 Å². The minimum Gasteiger partial charge on any atom is -0.372 e. The zero-order valence-corrected chi connectivity index (χ0v) is 26.7. The quantitative estimate of drug-likeness (QED) is 0.275. The minimum absolute atomic E-state index is 0.109. The van der Waals surface area contributed by atoms with Crippen molar-refractivity contribution in [3.63, 3.8) is 0 Å². The van der Waals surface area contributed by atoms with E-state index in [0.29, 0.717) is 55.5 Å². The Balaban J connectivity index is 1.10. The monoisotopic (exact) mass is 630 g/mol. The molecule has 2 saturated heterocycles. The Bertz CT molecular complexity index is 1680. The minimum atomic E-state index is -3.74. The van der Waals surface area contributed by atoms with Crippen LogP contribution in [0.3, 0.4) is 0 Å². The van der Waals surface area contributed by atoms with Gasteiger partial charge in [0.05, 0.1) is 35.4 Å². The number of likely N-dealkylation sites (tertiary alicyclic amines) is 1. The summed E-state index contributed by atoms with van der Waals surface area (Å²) < 4.78 is 36.2. The first kappa shape index (κ1) is 30.6. The van der Waals surface area contributed by atoms with E-state index in [1.54, 1.807) is 16.4 Å². The first-order valence-corrected chi connectivity index (χ1v) is 17.3. The summed E-state index contributed by atoms with van der Waals surface area (Å²) in [6.07, 6.45) is 1.87. The van der Waals surface area contributed by atoms with Crippen LogP contribution in [0, 0.1) is 13.8 Å². The molecule has 0 saturated carbocycles. The van der Waals surface area contributed by atoms with Gasteiger partial charge in [-0.15, -0.1) is 11.3 Å². The molecule has 4 aromatic rings. The third kappa shape index (κ3) is 6.95. The summed E-state index contributed by atoms with van der Waals surface area (Å²) in [4.78, 5) is 19.9. The fraction of sp³-hybridized carbons (Fsp3) is 0.353. The maximum Gasteiger partial charge on any atom is 0.243 e. The molecule has 2 aliphatic heterocycles. The molecule has 2 fully saturated rings. The lowest BCUT2D eigenvalue weighted by Gasteiger charge is -2.49. The lowest BCUT2D eigenvalue weighted by molar-refractivity contribution is -0.139. The zero-order chi connectivity index (χ0) is 30.7. The van der Waals surface area contributed by atoms with Crippen LogP contribution >= 0.6 is 11.3 Å². The smallest absolute Gasteiger partial charge is 0.243 e. The molecule has 2 aliphatic rings. The molecule has 1 atom stereocenters. The van der Waals surface area contributed by atoms with Crippen molar-refractivity contribution in [3.8, 4) is 11.3 Å². The van der Waals surface area contributed by atoms with Crippen LogP contribution < -0.4 is 5.32 Å². The third-order valence-electron chi connectivity index (χ3n) is 8.61. The van der Waals surface area contributed by atoms with Crippen molar-refractivity contribution in [1.82, 2.24) is 14.2 Å². The van der Waals surface area contributed by atoms with Gasteiger partial charge in [-0.05, 0) is 50.8 Å². The fourth-order valence-corrected chi connectivity index (χ4v) is 8.38. The van der Waals surface area contributed by atoms with Crippen LogP contribution in [0.15, 0.2) is 89.1 Å². The van der Waals surface area contributed by atoms with E-state index in [1.807, 2.05) is 86.0 Å². The average molecular weight is 631 g/mol. The maximum atomic E-state index is 14.0. The first-order chi connectivity index (χ1) is 21.2. The van der Waals surface area contributed by atoms with Crippen LogP contribution in [0.4, 0.5) is 5.13 Å². The molecule has 3 heterocycles. The van der Waals surface area contributed by atoms with Crippen molar-refractivity contribution in [2.45, 2.75) is 49.6 Å². The number of thiazole rings is 1. The number of hydrogen-bond acceptors (Lipinski definition) is 7. The summed E-state index contributed by atoms with van der Waals surface area (Å²) in [5.74, 6) is -0.109. The molecule has 6 rings (SSSR count). The Hall–Kier alpha value is -3.41. The van der Waals surface area contributed by atoms with Gasteiger partial charge in [0.15, 0.2) is 5.13 Å². The molecule has 10 heteroatoms. The molecule has 0 unspecified atom stereocenters. The second kappa shape index (κ2) is 12.9. The summed E-state index contributed by atoms with van der Waals surface area (Å²) in [6.45, 7) is 6.15. The average Bonchev–Trinajstić information content (AvgIpc) is 3.48. The van der Waals surface area contributed by atoms with Crippen LogP contribution in [0.2, 0.25) is 0 Å². The molecule has 1 aromatic heterocycles. The number of aromatic nitrogens is 1. The van der Waals surface area contributed by atoms with E-state index in [9.17, 15) is 13.2 Å². The highest BCUT2D eigenvalue weighted by atomic mass is 32.2. The molecule has 1 N–H and O–H groups in total. The topological polar surface area (TPSA) is 91.8 Å². The maximum absolute atomic E-state index is 14.0. The van der Waals surface area contributed by atoms with Gasteiger partial charge >= 0.3 is 0 Å². The molecule has 0 aliphatic carbocycles. The molecule has 8 nitrogen and oxygen atoms in total. The predicted molar refractivity (Wildman–Crippen MR) is 174 cm³/mol. The van der Waals surface area contributed by atoms with Crippen molar-refractivity contribution >= 4 is 32.4 Å². The third-order valence-corrected chi connectivity index (χ3v) is 11.3. The molecular weight excluding hydrogens is 593 g/mol. The number of aryl methyl sites for hydroxylation is 2. The van der Waals surface area contributed by atoms with E-state index in [1.165, 1.54) is 16.9 Å². The Morgan fingerprint density at radius 1 is 0.977 bits per heavy atom. The van der Waals surface area contributed by atoms with Crippen molar-refractivity contribution in [3.05, 3.63) is 101 Å². The second-order valence-electron chi connectivity index (χ2n) is 11.9. The molecule has 44 heavy (non-hydrogen) atoms. The number of nitrogens with one attached hydrogen (secondary N) is 1. The summed E-state index contributed by atoms with van der Waals surface area (Å²) in [7, 11) is -3.74. The van der Waals surface area contributed by atoms with Gasteiger partial charge in [0, 0.05) is 30.6 Å². The lowest BCUT2D eigenvalue weighted by atomic mass is 9.88. The van der Waals surface area contributed by atoms with Crippen LogP contribution in [0.1, 0.15) is 29.5 Å². The van der Waals surface area contributed by atoms with Gasteiger partial charge in [0.2, 0.25) is 15.9 Å². The number of hydrogen-bond donors (Lipinski definition) is 1. The number of rotatable bonds is 8. The van der Waals surface area contributed by atoms with Crippen LogP contribution in [-0.2, 0) is 26.0 Å². The number of carbonyl (C=O) groups excluding carboxylic acids is 1. The van der Waals surface area contributed by atoms with E-state index in [2.05, 4.69) is 15.2 Å².